The molecule has 8 nitrogen and oxygen atoms in total. The van der Waals surface area contributed by atoms with Gasteiger partial charge < -0.3 is 19.6 Å². The Labute approximate surface area is 178 Å². The zero-order chi connectivity index (χ0) is 19.9. The predicted molar refractivity (Wildman–Crippen MR) is 121 cm³/mol. The van der Waals surface area contributed by atoms with Crippen LogP contribution in [-0.2, 0) is 9.53 Å². The van der Waals surface area contributed by atoms with E-state index in [1.807, 2.05) is 24.3 Å². The zero-order valence-corrected chi connectivity index (χ0v) is 16.1. The molecule has 2 rings (SSSR count). The lowest BCUT2D eigenvalue weighted by molar-refractivity contribution is -0.134. The summed E-state index contributed by atoms with van der Waals surface area (Å²) in [5.41, 5.74) is 7.07. The Bertz CT molecular complexity index is 695. The van der Waals surface area contributed by atoms with Crippen molar-refractivity contribution in [3.05, 3.63) is 48.5 Å². The van der Waals surface area contributed by atoms with Crippen molar-refractivity contribution in [2.45, 2.75) is 21.8 Å². The standard InChI is InChI=1S/C11H14N2O3.C7H9ClN2O.2CH4/c1-3-16-11(14)8-12-13-9-4-6-10(15-2)7-5-9;1-11-7-4-2-6(3-5-7)9-10-8;;/h4-8,13H,3H2,1-2H3;2-5,9-10H,1H3;2*1H4/b12-8+;;;. The number of rotatable bonds is 8. The molecule has 2 aromatic rings. The fourth-order valence-corrected chi connectivity index (χ4v) is 1.84. The van der Waals surface area contributed by atoms with Gasteiger partial charge in [-0.25, -0.2) is 4.79 Å². The fourth-order valence-electron chi connectivity index (χ4n) is 1.73. The maximum absolute atomic E-state index is 10.9. The average molecular weight is 427 g/mol. The van der Waals surface area contributed by atoms with Gasteiger partial charge in [-0.1, -0.05) is 14.9 Å². The first kappa shape index (κ1) is 28.2. The van der Waals surface area contributed by atoms with Crippen LogP contribution in [-0.4, -0.2) is 33.0 Å². The molecule has 0 atom stereocenters. The number of anilines is 2. The van der Waals surface area contributed by atoms with Crippen molar-refractivity contribution in [1.82, 2.24) is 4.94 Å². The quantitative estimate of drug-likeness (QED) is 0.244. The second-order valence-corrected chi connectivity index (χ2v) is 4.99. The smallest absolute Gasteiger partial charge is 0.351 e. The lowest BCUT2D eigenvalue weighted by atomic mass is 10.3. The molecule has 0 aliphatic heterocycles. The van der Waals surface area contributed by atoms with Crippen molar-refractivity contribution in [3.63, 3.8) is 0 Å². The van der Waals surface area contributed by atoms with Gasteiger partial charge >= 0.3 is 5.97 Å². The summed E-state index contributed by atoms with van der Waals surface area (Å²) in [7, 11) is 3.23. The number of esters is 1. The minimum Gasteiger partial charge on any atom is -0.497 e. The van der Waals surface area contributed by atoms with Gasteiger partial charge in [0.05, 0.1) is 32.2 Å². The topological polar surface area (TPSA) is 93.2 Å². The van der Waals surface area contributed by atoms with Crippen molar-refractivity contribution in [1.29, 1.82) is 0 Å². The van der Waals surface area contributed by atoms with Crippen LogP contribution >= 0.6 is 11.8 Å². The molecular weight excluding hydrogens is 396 g/mol. The number of nitrogens with one attached hydrogen (secondary N) is 3. The van der Waals surface area contributed by atoms with Gasteiger partial charge in [-0.05, 0) is 67.2 Å². The molecule has 0 fully saturated rings. The summed E-state index contributed by atoms with van der Waals surface area (Å²) in [6.07, 6.45) is 1.09. The third-order valence-corrected chi connectivity index (χ3v) is 3.12. The van der Waals surface area contributed by atoms with Crippen LogP contribution in [0.2, 0.25) is 0 Å². The average Bonchev–Trinajstić information content (AvgIpc) is 2.70. The van der Waals surface area contributed by atoms with E-state index in [9.17, 15) is 4.79 Å². The van der Waals surface area contributed by atoms with E-state index in [1.54, 1.807) is 45.4 Å². The van der Waals surface area contributed by atoms with Gasteiger partial charge in [-0.15, -0.1) is 4.94 Å². The maximum Gasteiger partial charge on any atom is 0.351 e. The van der Waals surface area contributed by atoms with E-state index in [0.717, 1.165) is 29.1 Å². The summed E-state index contributed by atoms with van der Waals surface area (Å²) in [4.78, 5) is 13.2. The number of hydrazine groups is 1. The zero-order valence-electron chi connectivity index (χ0n) is 15.4. The van der Waals surface area contributed by atoms with Crippen LogP contribution in [0, 0.1) is 0 Å². The number of carbonyl (C=O) groups excluding carboxylic acids is 1. The van der Waals surface area contributed by atoms with Gasteiger partial charge in [0.25, 0.3) is 0 Å². The van der Waals surface area contributed by atoms with Gasteiger partial charge in [-0.2, -0.15) is 5.10 Å². The summed E-state index contributed by atoms with van der Waals surface area (Å²) in [6.45, 7) is 2.08. The Balaban J connectivity index is 0. The summed E-state index contributed by atoms with van der Waals surface area (Å²) >= 11 is 5.22. The first-order chi connectivity index (χ1) is 13.1. The molecule has 9 heteroatoms. The van der Waals surface area contributed by atoms with E-state index in [-0.39, 0.29) is 14.9 Å². The Hall–Kier alpha value is -2.97. The number of benzene rings is 2. The van der Waals surface area contributed by atoms with Crippen molar-refractivity contribution in [3.8, 4) is 11.5 Å². The van der Waals surface area contributed by atoms with Gasteiger partial charge in [0.2, 0.25) is 0 Å². The lowest BCUT2D eigenvalue weighted by Gasteiger charge is -2.02. The predicted octanol–water partition coefficient (Wildman–Crippen LogP) is 4.69. The summed E-state index contributed by atoms with van der Waals surface area (Å²) in [5.74, 6) is 1.12. The maximum atomic E-state index is 10.9. The number of halogens is 1. The molecule has 0 heterocycles. The summed E-state index contributed by atoms with van der Waals surface area (Å²) in [6, 6.07) is 14.6. The van der Waals surface area contributed by atoms with Crippen LogP contribution in [0.25, 0.3) is 0 Å². The van der Waals surface area contributed by atoms with Crippen molar-refractivity contribution >= 4 is 35.3 Å². The second-order valence-electron chi connectivity index (χ2n) is 4.80. The molecule has 0 spiro atoms. The number of hydrazone groups is 1. The second kappa shape index (κ2) is 17.2. The lowest BCUT2D eigenvalue weighted by Crippen LogP contribution is -2.07. The van der Waals surface area contributed by atoms with Crippen molar-refractivity contribution < 1.29 is 19.0 Å². The van der Waals surface area contributed by atoms with E-state index in [0.29, 0.717) is 6.61 Å². The van der Waals surface area contributed by atoms with Crippen LogP contribution in [0.1, 0.15) is 21.8 Å². The minimum atomic E-state index is -0.469. The highest BCUT2D eigenvalue weighted by Gasteiger charge is 1.95. The van der Waals surface area contributed by atoms with Gasteiger partial charge in [0.15, 0.2) is 0 Å². The van der Waals surface area contributed by atoms with E-state index in [1.165, 1.54) is 0 Å². The fraction of sp³-hybridized carbons (Fsp3) is 0.300. The minimum absolute atomic E-state index is 0. The van der Waals surface area contributed by atoms with E-state index in [4.69, 9.17) is 21.3 Å². The molecule has 0 aliphatic rings. The molecule has 29 heavy (non-hydrogen) atoms. The van der Waals surface area contributed by atoms with E-state index < -0.39 is 5.97 Å². The summed E-state index contributed by atoms with van der Waals surface area (Å²) in [5, 5.41) is 3.73. The van der Waals surface area contributed by atoms with Crippen molar-refractivity contribution in [2.75, 3.05) is 31.7 Å². The van der Waals surface area contributed by atoms with Crippen LogP contribution in [0.3, 0.4) is 0 Å². The highest BCUT2D eigenvalue weighted by molar-refractivity contribution is 6.23. The molecule has 0 aliphatic carbocycles. The number of hydrogen-bond acceptors (Lipinski definition) is 8. The molecule has 3 N–H and O–H groups in total. The highest BCUT2D eigenvalue weighted by Crippen LogP contribution is 2.15. The molecule has 0 bridgehead atoms. The Morgan fingerprint density at radius 3 is 1.86 bits per heavy atom. The summed E-state index contributed by atoms with van der Waals surface area (Å²) < 4.78 is 14.6. The Kier molecular flexibility index (Phi) is 16.7. The SMILES string of the molecule is C.C.CCOC(=O)/C=N/Nc1ccc(OC)cc1.COc1ccc(NNCl)cc1. The third kappa shape index (κ3) is 12.2. The Morgan fingerprint density at radius 2 is 1.45 bits per heavy atom. The molecule has 0 radical (unpaired) electrons. The molecule has 0 saturated carbocycles. The molecule has 0 unspecified atom stereocenters. The molecule has 0 amide bonds. The van der Waals surface area contributed by atoms with Gasteiger partial charge in [-0.3, -0.25) is 5.43 Å². The number of carbonyl (C=O) groups is 1. The third-order valence-electron chi connectivity index (χ3n) is 3.02. The first-order valence-corrected chi connectivity index (χ1v) is 8.36. The molecule has 2 aromatic carbocycles. The molecular formula is C20H31ClN4O4. The van der Waals surface area contributed by atoms with Gasteiger partial charge in [0, 0.05) is 0 Å². The van der Waals surface area contributed by atoms with Crippen LogP contribution in [0.15, 0.2) is 53.6 Å². The van der Waals surface area contributed by atoms with E-state index in [2.05, 4.69) is 25.6 Å². The van der Waals surface area contributed by atoms with Gasteiger partial charge in [0.1, 0.15) is 17.7 Å². The monoisotopic (exact) mass is 426 g/mol. The van der Waals surface area contributed by atoms with Crippen LogP contribution in [0.4, 0.5) is 11.4 Å². The van der Waals surface area contributed by atoms with Crippen LogP contribution in [0.5, 0.6) is 11.5 Å². The Morgan fingerprint density at radius 1 is 0.966 bits per heavy atom. The number of nitrogens with zero attached hydrogens (tertiary/aromatic N) is 1. The first-order valence-electron chi connectivity index (χ1n) is 7.98. The number of hydrogen-bond donors (Lipinski definition) is 3. The highest BCUT2D eigenvalue weighted by atomic mass is 35.5. The molecule has 0 saturated heterocycles. The van der Waals surface area contributed by atoms with E-state index >= 15 is 0 Å². The van der Waals surface area contributed by atoms with Crippen LogP contribution < -0.4 is 25.3 Å². The molecule has 0 aromatic heterocycles. The largest absolute Gasteiger partial charge is 0.497 e. The van der Waals surface area contributed by atoms with Crippen molar-refractivity contribution in [2.24, 2.45) is 5.10 Å². The normalized spacial score (nSPS) is 9.10. The number of methoxy groups -OCH3 is 2. The number of ether oxygens (including phenoxy) is 3. The molecule has 162 valence electrons.